The van der Waals surface area contributed by atoms with Crippen LogP contribution in [-0.2, 0) is 14.8 Å². The minimum absolute atomic E-state index is 0.0443. The van der Waals surface area contributed by atoms with Gasteiger partial charge in [-0.15, -0.1) is 0 Å². The van der Waals surface area contributed by atoms with Gasteiger partial charge in [-0.25, -0.2) is 23.1 Å². The van der Waals surface area contributed by atoms with Crippen LogP contribution in [0.3, 0.4) is 0 Å². The van der Waals surface area contributed by atoms with Crippen LogP contribution in [0, 0.1) is 6.57 Å². The molecule has 0 bridgehead atoms. The standard InChI is InChI=1S/C21H20N10O5S/c1-25-18-19(30-21(23)24)28-16(17(22)29-18)20(34)27-12-5-2-6-13(8-12)37(35,36)31-14(9-15(32)33)11-4-3-7-26-10-11/h2-8,10,14,31H,9H2,(H2,22,29)(H,27,34)(H,32,33)(H4,23,24,28,30). The molecule has 1 atom stereocenters. The summed E-state index contributed by atoms with van der Waals surface area (Å²) in [6.45, 7) is 7.12. The molecular formula is C21H20N10O5S. The molecule has 3 rings (SSSR count). The summed E-state index contributed by atoms with van der Waals surface area (Å²) in [4.78, 5) is 42.2. The van der Waals surface area contributed by atoms with Crippen molar-refractivity contribution in [2.75, 3.05) is 11.1 Å². The van der Waals surface area contributed by atoms with Gasteiger partial charge in [0.2, 0.25) is 15.8 Å². The average Bonchev–Trinajstić information content (AvgIpc) is 2.84. The number of rotatable bonds is 9. The van der Waals surface area contributed by atoms with Crippen LogP contribution >= 0.6 is 0 Å². The number of pyridine rings is 1. The van der Waals surface area contributed by atoms with Gasteiger partial charge >= 0.3 is 11.8 Å². The van der Waals surface area contributed by atoms with Crippen molar-refractivity contribution in [1.82, 2.24) is 19.7 Å². The number of benzene rings is 1. The van der Waals surface area contributed by atoms with E-state index < -0.39 is 46.0 Å². The van der Waals surface area contributed by atoms with Gasteiger partial charge in [0.05, 0.1) is 17.4 Å². The summed E-state index contributed by atoms with van der Waals surface area (Å²) in [6.07, 6.45) is 2.29. The lowest BCUT2D eigenvalue weighted by Gasteiger charge is -2.17. The number of hydrogen-bond donors (Lipinski definition) is 6. The van der Waals surface area contributed by atoms with E-state index in [2.05, 4.69) is 34.8 Å². The Morgan fingerprint density at radius 2 is 1.95 bits per heavy atom. The molecule has 0 aliphatic carbocycles. The largest absolute Gasteiger partial charge is 0.481 e. The summed E-state index contributed by atoms with van der Waals surface area (Å²) in [7, 11) is -4.24. The Bertz CT molecular complexity index is 1520. The summed E-state index contributed by atoms with van der Waals surface area (Å²) >= 11 is 0. The molecule has 2 heterocycles. The Balaban J connectivity index is 1.88. The molecule has 1 aromatic carbocycles. The second-order valence-corrected chi connectivity index (χ2v) is 9.01. The molecule has 15 nitrogen and oxygen atoms in total. The third-order valence-electron chi connectivity index (χ3n) is 4.61. The Hall–Kier alpha value is -5.14. The molecule has 0 aliphatic rings. The number of hydrogen-bond acceptors (Lipinski definition) is 9. The quantitative estimate of drug-likeness (QED) is 0.129. The highest BCUT2D eigenvalue weighted by molar-refractivity contribution is 7.89. The second kappa shape index (κ2) is 11.1. The lowest BCUT2D eigenvalue weighted by Crippen LogP contribution is -2.30. The molecule has 0 saturated heterocycles. The molecule has 0 radical (unpaired) electrons. The molecule has 0 fully saturated rings. The first kappa shape index (κ1) is 26.5. The fraction of sp³-hybridized carbons (Fsp3) is 0.0952. The lowest BCUT2D eigenvalue weighted by atomic mass is 10.1. The Morgan fingerprint density at radius 1 is 1.19 bits per heavy atom. The van der Waals surface area contributed by atoms with Crippen molar-refractivity contribution in [2.45, 2.75) is 17.4 Å². The zero-order valence-electron chi connectivity index (χ0n) is 18.9. The van der Waals surface area contributed by atoms with Crippen molar-refractivity contribution in [3.63, 3.8) is 0 Å². The molecule has 3 aromatic rings. The minimum Gasteiger partial charge on any atom is -0.481 e. The fourth-order valence-corrected chi connectivity index (χ4v) is 4.31. The normalized spacial score (nSPS) is 11.6. The first-order valence-corrected chi connectivity index (χ1v) is 11.7. The monoisotopic (exact) mass is 524 g/mol. The molecule has 0 spiro atoms. The third kappa shape index (κ3) is 6.72. The van der Waals surface area contributed by atoms with Gasteiger partial charge in [-0.1, -0.05) is 23.7 Å². The molecule has 9 N–H and O–H groups in total. The van der Waals surface area contributed by atoms with Crippen molar-refractivity contribution >= 4 is 51.0 Å². The predicted octanol–water partition coefficient (Wildman–Crippen LogP) is 0.656. The smallest absolute Gasteiger partial charge is 0.316 e. The molecule has 37 heavy (non-hydrogen) atoms. The van der Waals surface area contributed by atoms with Gasteiger partial charge in [-0.05, 0) is 29.8 Å². The van der Waals surface area contributed by atoms with Gasteiger partial charge in [-0.2, -0.15) is 0 Å². The van der Waals surface area contributed by atoms with E-state index in [1.165, 1.54) is 30.6 Å². The van der Waals surface area contributed by atoms with E-state index in [0.717, 1.165) is 6.07 Å². The Labute approximate surface area is 210 Å². The molecular weight excluding hydrogens is 504 g/mol. The van der Waals surface area contributed by atoms with Crippen molar-refractivity contribution in [1.29, 1.82) is 0 Å². The van der Waals surface area contributed by atoms with Crippen molar-refractivity contribution < 1.29 is 23.1 Å². The van der Waals surface area contributed by atoms with E-state index >= 15 is 0 Å². The van der Waals surface area contributed by atoms with Crippen LogP contribution in [0.5, 0.6) is 0 Å². The van der Waals surface area contributed by atoms with E-state index in [-0.39, 0.29) is 28.0 Å². The highest BCUT2D eigenvalue weighted by Crippen LogP contribution is 2.27. The van der Waals surface area contributed by atoms with Crippen LogP contribution in [0.2, 0.25) is 0 Å². The third-order valence-corrected chi connectivity index (χ3v) is 6.08. The summed E-state index contributed by atoms with van der Waals surface area (Å²) in [6, 6.07) is 7.17. The highest BCUT2D eigenvalue weighted by atomic mass is 32.2. The first-order valence-electron chi connectivity index (χ1n) is 10.2. The van der Waals surface area contributed by atoms with Crippen LogP contribution in [0.15, 0.2) is 58.7 Å². The SMILES string of the molecule is [C-]#[N+]c1nc(N)c(C(=O)Nc2cccc(S(=O)(=O)NC(CC(=O)O)c3cccnc3)c2)nc1N=C(N)N. The van der Waals surface area contributed by atoms with Crippen LogP contribution in [0.1, 0.15) is 28.5 Å². The number of nitrogen functional groups attached to an aromatic ring is 1. The summed E-state index contributed by atoms with van der Waals surface area (Å²) in [5, 5.41) is 11.7. The number of nitrogens with one attached hydrogen (secondary N) is 2. The summed E-state index contributed by atoms with van der Waals surface area (Å²) in [5.41, 5.74) is 16.4. The predicted molar refractivity (Wildman–Crippen MR) is 132 cm³/mol. The number of nitrogens with zero attached hydrogens (tertiary/aromatic N) is 5. The van der Waals surface area contributed by atoms with E-state index in [4.69, 9.17) is 23.8 Å². The number of carbonyl (C=O) groups excluding carboxylic acids is 1. The molecule has 16 heteroatoms. The number of carboxylic acids is 1. The number of sulfonamides is 1. The number of aromatic nitrogens is 3. The zero-order chi connectivity index (χ0) is 27.2. The van der Waals surface area contributed by atoms with Crippen LogP contribution in [0.25, 0.3) is 4.85 Å². The van der Waals surface area contributed by atoms with Crippen molar-refractivity contribution in [3.8, 4) is 0 Å². The highest BCUT2D eigenvalue weighted by Gasteiger charge is 2.25. The fourth-order valence-electron chi connectivity index (χ4n) is 3.04. The average molecular weight is 525 g/mol. The van der Waals surface area contributed by atoms with Crippen LogP contribution in [-0.4, -0.2) is 46.3 Å². The molecule has 0 saturated carbocycles. The second-order valence-electron chi connectivity index (χ2n) is 7.29. The molecule has 2 aromatic heterocycles. The first-order chi connectivity index (χ1) is 17.5. The molecule has 1 amide bonds. The number of carbonyl (C=O) groups is 2. The Morgan fingerprint density at radius 3 is 2.57 bits per heavy atom. The minimum atomic E-state index is -4.24. The van der Waals surface area contributed by atoms with Crippen molar-refractivity contribution in [2.24, 2.45) is 16.5 Å². The summed E-state index contributed by atoms with van der Waals surface area (Å²) in [5.74, 6) is -3.55. The van der Waals surface area contributed by atoms with Gasteiger partial charge in [0.1, 0.15) is 0 Å². The number of guanidine groups is 1. The number of aliphatic imine (C=N–C) groups is 1. The molecule has 190 valence electrons. The number of anilines is 2. The molecule has 0 aliphatic heterocycles. The zero-order valence-corrected chi connectivity index (χ0v) is 19.7. The number of amides is 1. The van der Waals surface area contributed by atoms with E-state index in [9.17, 15) is 23.1 Å². The van der Waals surface area contributed by atoms with Gasteiger partial charge < -0.3 is 32.5 Å². The number of carboxylic acid groups (broad SMARTS) is 1. The van der Waals surface area contributed by atoms with Crippen LogP contribution < -0.4 is 27.2 Å². The maximum absolute atomic E-state index is 13.0. The van der Waals surface area contributed by atoms with E-state index in [0.29, 0.717) is 5.56 Å². The van der Waals surface area contributed by atoms with Gasteiger partial charge in [0.25, 0.3) is 5.91 Å². The van der Waals surface area contributed by atoms with Gasteiger partial charge in [-0.3, -0.25) is 14.6 Å². The van der Waals surface area contributed by atoms with Crippen LogP contribution in [0.4, 0.5) is 23.1 Å². The van der Waals surface area contributed by atoms with E-state index in [1.807, 2.05) is 0 Å². The number of aliphatic carboxylic acids is 1. The topological polar surface area (TPSA) is 246 Å². The number of nitrogens with two attached hydrogens (primary N) is 3. The van der Waals surface area contributed by atoms with Gasteiger partial charge in [0, 0.05) is 18.1 Å². The van der Waals surface area contributed by atoms with E-state index in [1.54, 1.807) is 12.1 Å². The maximum Gasteiger partial charge on any atom is 0.316 e. The molecule has 1 unspecified atom stereocenters. The summed E-state index contributed by atoms with van der Waals surface area (Å²) < 4.78 is 28.4. The lowest BCUT2D eigenvalue weighted by molar-refractivity contribution is -0.137. The van der Waals surface area contributed by atoms with Crippen molar-refractivity contribution in [3.05, 3.63) is 71.5 Å². The maximum atomic E-state index is 13.0. The van der Waals surface area contributed by atoms with Gasteiger partial charge in [0.15, 0.2) is 17.5 Å². The Kier molecular flexibility index (Phi) is 7.92.